The Morgan fingerprint density at radius 3 is 2.45 bits per heavy atom. The van der Waals surface area contributed by atoms with Crippen LogP contribution < -0.4 is 10.1 Å². The van der Waals surface area contributed by atoms with Crippen molar-refractivity contribution in [3.63, 3.8) is 0 Å². The Morgan fingerprint density at radius 2 is 1.87 bits per heavy atom. The fraction of sp³-hybridized carbons (Fsp3) is 0.300. The summed E-state index contributed by atoms with van der Waals surface area (Å²) < 4.78 is 46.8. The topological polar surface area (TPSA) is 84.9 Å². The molecule has 1 atom stereocenters. The smallest absolute Gasteiger partial charge is 0.411 e. The van der Waals surface area contributed by atoms with Crippen LogP contribution in [0.1, 0.15) is 21.5 Å². The van der Waals surface area contributed by atoms with Gasteiger partial charge < -0.3 is 19.9 Å². The molecule has 2 aromatic rings. The molecule has 11 heteroatoms. The fourth-order valence-corrected chi connectivity index (χ4v) is 3.16. The molecule has 31 heavy (non-hydrogen) atoms. The number of amides is 1. The first-order chi connectivity index (χ1) is 14.5. The van der Waals surface area contributed by atoms with Crippen LogP contribution in [0.5, 0.6) is 5.75 Å². The molecule has 0 aliphatic heterocycles. The number of benzene rings is 2. The maximum atomic E-state index is 12.4. The number of carbonyl (C=O) groups excluding carboxylic acids is 1. The van der Waals surface area contributed by atoms with Crippen molar-refractivity contribution in [2.45, 2.75) is 25.2 Å². The second kappa shape index (κ2) is 10.7. The highest BCUT2D eigenvalue weighted by atomic mass is 35.5. The quantitative estimate of drug-likeness (QED) is 0.552. The first kappa shape index (κ1) is 24.8. The van der Waals surface area contributed by atoms with Crippen molar-refractivity contribution >= 4 is 35.1 Å². The van der Waals surface area contributed by atoms with Gasteiger partial charge in [-0.2, -0.15) is 13.2 Å². The summed E-state index contributed by atoms with van der Waals surface area (Å²) in [6.07, 6.45) is -6.64. The predicted octanol–water partition coefficient (Wildman–Crippen LogP) is 4.51. The summed E-state index contributed by atoms with van der Waals surface area (Å²) in [4.78, 5) is 23.7. The summed E-state index contributed by atoms with van der Waals surface area (Å²) in [5.41, 5.74) is 1.08. The SMILES string of the molecule is COc1ccc(CC(OCC(F)(F)F)C(=O)O)cc1CNC(=O)c1ccc(Cl)cc1Cl. The molecule has 0 spiro atoms. The lowest BCUT2D eigenvalue weighted by Gasteiger charge is -2.17. The van der Waals surface area contributed by atoms with E-state index in [1.165, 1.54) is 43.5 Å². The number of hydrogen-bond donors (Lipinski definition) is 2. The molecule has 6 nitrogen and oxygen atoms in total. The standard InChI is InChI=1S/C20H18Cl2F3NO5/c1-30-16-5-2-11(7-17(19(28)29)31-10-20(23,24)25)6-12(16)9-26-18(27)14-4-3-13(21)8-15(14)22/h2-6,8,17H,7,9-10H2,1H3,(H,26,27)(H,28,29). The van der Waals surface area contributed by atoms with Crippen molar-refractivity contribution in [3.8, 4) is 5.75 Å². The van der Waals surface area contributed by atoms with Gasteiger partial charge in [-0.15, -0.1) is 0 Å². The van der Waals surface area contributed by atoms with E-state index in [-0.39, 0.29) is 23.6 Å². The van der Waals surface area contributed by atoms with Crippen molar-refractivity contribution in [1.29, 1.82) is 0 Å². The number of halogens is 5. The second-order valence-corrected chi connectivity index (χ2v) is 7.25. The van der Waals surface area contributed by atoms with E-state index in [1.807, 2.05) is 0 Å². The number of carbonyl (C=O) groups is 2. The van der Waals surface area contributed by atoms with Crippen molar-refractivity contribution in [1.82, 2.24) is 5.32 Å². The van der Waals surface area contributed by atoms with Crippen LogP contribution >= 0.6 is 23.2 Å². The van der Waals surface area contributed by atoms with Gasteiger partial charge in [-0.3, -0.25) is 4.79 Å². The Morgan fingerprint density at radius 1 is 1.16 bits per heavy atom. The number of carboxylic acids is 1. The summed E-state index contributed by atoms with van der Waals surface area (Å²) in [5, 5.41) is 12.3. The monoisotopic (exact) mass is 479 g/mol. The molecule has 2 N–H and O–H groups in total. The Kier molecular flexibility index (Phi) is 8.55. The van der Waals surface area contributed by atoms with Gasteiger partial charge in [-0.1, -0.05) is 35.3 Å². The van der Waals surface area contributed by atoms with E-state index in [1.54, 1.807) is 0 Å². The van der Waals surface area contributed by atoms with Crippen LogP contribution in [0.3, 0.4) is 0 Å². The number of ether oxygens (including phenoxy) is 2. The zero-order valence-corrected chi connectivity index (χ0v) is 17.6. The van der Waals surface area contributed by atoms with Crippen molar-refractivity contribution < 1.29 is 37.3 Å². The van der Waals surface area contributed by atoms with Crippen LogP contribution in [0, 0.1) is 0 Å². The normalized spacial score (nSPS) is 12.3. The zero-order chi connectivity index (χ0) is 23.2. The lowest BCUT2D eigenvalue weighted by atomic mass is 10.0. The minimum Gasteiger partial charge on any atom is -0.496 e. The van der Waals surface area contributed by atoms with Gasteiger partial charge in [0, 0.05) is 23.6 Å². The molecule has 0 saturated carbocycles. The summed E-state index contributed by atoms with van der Waals surface area (Å²) >= 11 is 11.8. The molecule has 0 aliphatic rings. The van der Waals surface area contributed by atoms with Gasteiger partial charge in [0.15, 0.2) is 6.10 Å². The maximum absolute atomic E-state index is 12.4. The van der Waals surface area contributed by atoms with E-state index >= 15 is 0 Å². The average molecular weight is 480 g/mol. The third kappa shape index (κ3) is 7.61. The number of nitrogens with one attached hydrogen (secondary N) is 1. The number of methoxy groups -OCH3 is 1. The molecule has 2 rings (SSSR count). The average Bonchev–Trinajstić information content (AvgIpc) is 2.68. The summed E-state index contributed by atoms with van der Waals surface area (Å²) in [7, 11) is 1.41. The van der Waals surface area contributed by atoms with Crippen LogP contribution in [0.4, 0.5) is 13.2 Å². The first-order valence-electron chi connectivity index (χ1n) is 8.80. The van der Waals surface area contributed by atoms with Crippen molar-refractivity contribution in [2.24, 2.45) is 0 Å². The zero-order valence-electron chi connectivity index (χ0n) is 16.1. The summed E-state index contributed by atoms with van der Waals surface area (Å²) in [6, 6.07) is 8.95. The largest absolute Gasteiger partial charge is 0.496 e. The number of carboxylic acid groups (broad SMARTS) is 1. The second-order valence-electron chi connectivity index (χ2n) is 6.41. The van der Waals surface area contributed by atoms with E-state index in [9.17, 15) is 22.8 Å². The fourth-order valence-electron chi connectivity index (χ4n) is 2.67. The highest BCUT2D eigenvalue weighted by Crippen LogP contribution is 2.24. The van der Waals surface area contributed by atoms with Crippen LogP contribution in [-0.4, -0.2) is 43.0 Å². The third-order valence-corrected chi connectivity index (χ3v) is 4.65. The van der Waals surface area contributed by atoms with E-state index < -0.39 is 30.8 Å². The number of rotatable bonds is 9. The number of alkyl halides is 3. The highest BCUT2D eigenvalue weighted by molar-refractivity contribution is 6.36. The van der Waals surface area contributed by atoms with Crippen molar-refractivity contribution in [3.05, 3.63) is 63.1 Å². The highest BCUT2D eigenvalue weighted by Gasteiger charge is 2.31. The molecule has 0 saturated heterocycles. The van der Waals surface area contributed by atoms with E-state index in [0.29, 0.717) is 21.9 Å². The van der Waals surface area contributed by atoms with Gasteiger partial charge in [0.2, 0.25) is 0 Å². The Hall–Kier alpha value is -2.49. The first-order valence-corrected chi connectivity index (χ1v) is 9.56. The lowest BCUT2D eigenvalue weighted by molar-refractivity contribution is -0.192. The maximum Gasteiger partial charge on any atom is 0.411 e. The Balaban J connectivity index is 2.13. The molecule has 0 aliphatic carbocycles. The molecule has 1 unspecified atom stereocenters. The molecular formula is C20H18Cl2F3NO5. The van der Waals surface area contributed by atoms with Crippen LogP contribution in [0.25, 0.3) is 0 Å². The predicted molar refractivity (Wildman–Crippen MR) is 108 cm³/mol. The van der Waals surface area contributed by atoms with Gasteiger partial charge in [0.05, 0.1) is 17.7 Å². The Bertz CT molecular complexity index is 953. The molecule has 1 amide bonds. The number of aliphatic carboxylic acids is 1. The van der Waals surface area contributed by atoms with E-state index in [2.05, 4.69) is 10.1 Å². The van der Waals surface area contributed by atoms with Gasteiger partial charge in [0.1, 0.15) is 12.4 Å². The van der Waals surface area contributed by atoms with Crippen LogP contribution in [0.2, 0.25) is 10.0 Å². The summed E-state index contributed by atoms with van der Waals surface area (Å²) in [6.45, 7) is -1.68. The molecule has 0 aromatic heterocycles. The Labute approximate surface area is 185 Å². The van der Waals surface area contributed by atoms with E-state index in [0.717, 1.165) is 0 Å². The minimum absolute atomic E-state index is 0.00402. The third-order valence-electron chi connectivity index (χ3n) is 4.10. The molecule has 2 aromatic carbocycles. The molecule has 0 bridgehead atoms. The molecule has 168 valence electrons. The number of hydrogen-bond acceptors (Lipinski definition) is 4. The van der Waals surface area contributed by atoms with Crippen LogP contribution in [-0.2, 0) is 22.5 Å². The lowest BCUT2D eigenvalue weighted by Crippen LogP contribution is -2.31. The van der Waals surface area contributed by atoms with Gasteiger partial charge >= 0.3 is 12.1 Å². The minimum atomic E-state index is -4.65. The van der Waals surface area contributed by atoms with Gasteiger partial charge in [-0.05, 0) is 29.8 Å². The summed E-state index contributed by atoms with van der Waals surface area (Å²) in [5.74, 6) is -1.60. The van der Waals surface area contributed by atoms with Gasteiger partial charge in [-0.25, -0.2) is 4.79 Å². The molecule has 0 heterocycles. The molecule has 0 radical (unpaired) electrons. The van der Waals surface area contributed by atoms with Crippen molar-refractivity contribution in [2.75, 3.05) is 13.7 Å². The molecular weight excluding hydrogens is 462 g/mol. The van der Waals surface area contributed by atoms with Crippen LogP contribution in [0.15, 0.2) is 36.4 Å². The van der Waals surface area contributed by atoms with E-state index in [4.69, 9.17) is 33.0 Å². The molecule has 0 fully saturated rings. The van der Waals surface area contributed by atoms with Gasteiger partial charge in [0.25, 0.3) is 5.91 Å².